The molecule has 2 unspecified atom stereocenters. The van der Waals surface area contributed by atoms with Crippen molar-refractivity contribution in [1.29, 1.82) is 0 Å². The first-order valence-corrected chi connectivity index (χ1v) is 41.3. The van der Waals surface area contributed by atoms with Gasteiger partial charge >= 0.3 is 29.5 Å². The largest absolute Gasteiger partial charge is 0.503 e. The number of benzene rings is 13. The molecule has 0 aromatic heterocycles. The quantitative estimate of drug-likeness (QED) is 0.0134. The molecule has 13 aromatic carbocycles. The number of hydrogen-bond acceptors (Lipinski definition) is 18. The lowest BCUT2D eigenvalue weighted by molar-refractivity contribution is -0.150. The standard InChI is InChI=1S/C92H82N2O18Si2/c1-55(2)85(91(99)107-43-45-113(101-5,102-6)103-7)93-87(95)69-51-73(109-65-39-23-35-61(47-65)57-27-15-11-16-28-57)79-81-75(111-67-41-25-37-63(49-67)59-31-19-13-20-32-59)53-71-78-72(90(98)94(89(71)97)86(56(3)4)92(100)108-44-46-114(104-8,105-9)106-10)54-76(112-68-42-26-38-64(50-68)60-33-21-14-22-34-60)82(84(78)81)80-74(52-70(88(93)96)77(69)83(79)80)110-66-40-24-36-62(48-66)58-29-17-12-18-30-58/h11-42,47-56,85-86H,43-46H2,1-10H3. The molecule has 20 nitrogen and oxygen atoms in total. The van der Waals surface area contributed by atoms with E-state index in [2.05, 4.69) is 0 Å². The SMILES string of the molecule is CO[Si](CCOC(=O)C(C(C)C)N1C(=O)c2cc(Oc3cccc(-c4ccccc4)c3)c3c4c(Oc5cccc(-c6ccccc6)c5)cc5c6c(cc(Oc7cccc(-c8ccccc8)c7)c(c7c(Oc8cccc(-c9ccccc9)c8)cc(c2c37)C1=O)c64)C(=O)N(C(C(=O)OCC[Si](OC)(OC)OC)C(C)C)C5=O)(OC)OC. The van der Waals surface area contributed by atoms with Gasteiger partial charge < -0.3 is 55.0 Å². The van der Waals surface area contributed by atoms with Gasteiger partial charge in [0.2, 0.25) is 0 Å². The van der Waals surface area contributed by atoms with Crippen LogP contribution in [0.5, 0.6) is 46.0 Å². The van der Waals surface area contributed by atoms with Crippen molar-refractivity contribution in [3.63, 3.8) is 0 Å². The number of hydrogen-bond donors (Lipinski definition) is 0. The molecule has 2 heterocycles. The fraction of sp³-hybridized carbons (Fsp3) is 0.196. The summed E-state index contributed by atoms with van der Waals surface area (Å²) in [4.78, 5) is 98.6. The molecule has 0 radical (unpaired) electrons. The molecule has 576 valence electrons. The molecule has 2 atom stereocenters. The summed E-state index contributed by atoms with van der Waals surface area (Å²) in [5.74, 6) is -5.43. The smallest absolute Gasteiger partial charge is 0.464 e. The monoisotopic (exact) mass is 1560 g/mol. The summed E-state index contributed by atoms with van der Waals surface area (Å²) in [5, 5.41) is 1.60. The van der Waals surface area contributed by atoms with Crippen LogP contribution in [0.15, 0.2) is 243 Å². The lowest BCUT2D eigenvalue weighted by atomic mass is 9.80. The predicted octanol–water partition coefficient (Wildman–Crippen LogP) is 19.7. The Morgan fingerprint density at radius 2 is 0.518 bits per heavy atom. The predicted molar refractivity (Wildman–Crippen MR) is 439 cm³/mol. The van der Waals surface area contributed by atoms with Gasteiger partial charge in [-0.2, -0.15) is 0 Å². The van der Waals surface area contributed by atoms with Crippen molar-refractivity contribution in [3.05, 3.63) is 265 Å². The van der Waals surface area contributed by atoms with E-state index >= 15 is 28.8 Å². The number of carbonyl (C=O) groups is 6. The molecule has 4 amide bonds. The van der Waals surface area contributed by atoms with Gasteiger partial charge in [0.25, 0.3) is 23.6 Å². The second kappa shape index (κ2) is 32.5. The maximum Gasteiger partial charge on any atom is 0.503 e. The van der Waals surface area contributed by atoms with E-state index in [9.17, 15) is 0 Å². The number of esters is 2. The average molecular weight is 1560 g/mol. The third-order valence-corrected chi connectivity index (χ3v) is 26.5. The second-order valence-electron chi connectivity index (χ2n) is 28.4. The summed E-state index contributed by atoms with van der Waals surface area (Å²) < 4.78 is 76.1. The van der Waals surface area contributed by atoms with E-state index in [1.807, 2.05) is 194 Å². The van der Waals surface area contributed by atoms with Crippen LogP contribution < -0.4 is 18.9 Å². The van der Waals surface area contributed by atoms with Gasteiger partial charge in [-0.25, -0.2) is 9.59 Å². The van der Waals surface area contributed by atoms with Gasteiger partial charge in [-0.1, -0.05) is 198 Å². The van der Waals surface area contributed by atoms with E-state index in [1.54, 1.807) is 76.2 Å². The Balaban J connectivity index is 1.09. The fourth-order valence-electron chi connectivity index (χ4n) is 15.5. The second-order valence-corrected chi connectivity index (χ2v) is 34.6. The summed E-state index contributed by atoms with van der Waals surface area (Å²) in [6.45, 7) is 6.37. The Kier molecular flexibility index (Phi) is 22.0. The minimum atomic E-state index is -3.33. The normalized spacial score (nSPS) is 13.5. The minimum absolute atomic E-state index is 0.0249. The Hall–Kier alpha value is -12.2. The number of amides is 4. The van der Waals surface area contributed by atoms with Gasteiger partial charge in [0, 0.05) is 85.7 Å². The number of ether oxygens (including phenoxy) is 6. The van der Waals surface area contributed by atoms with Gasteiger partial charge in [-0.15, -0.1) is 0 Å². The van der Waals surface area contributed by atoms with E-state index in [-0.39, 0.29) is 114 Å². The molecule has 0 N–H and O–H groups in total. The molecule has 0 saturated carbocycles. The Bertz CT molecular complexity index is 5190. The van der Waals surface area contributed by atoms with Crippen LogP contribution >= 0.6 is 0 Å². The number of imide groups is 2. The average Bonchev–Trinajstić information content (AvgIpc) is 0.670. The first kappa shape index (κ1) is 77.1. The molecule has 0 spiro atoms. The maximum atomic E-state index is 16.6. The lowest BCUT2D eigenvalue weighted by Gasteiger charge is -2.37. The molecule has 0 bridgehead atoms. The van der Waals surface area contributed by atoms with Gasteiger partial charge in [-0.3, -0.25) is 29.0 Å². The lowest BCUT2D eigenvalue weighted by Crippen LogP contribution is -2.53. The summed E-state index contributed by atoms with van der Waals surface area (Å²) in [7, 11) is 2.01. The zero-order valence-electron chi connectivity index (χ0n) is 64.5. The number of carbonyl (C=O) groups excluding carboxylic acids is 6. The van der Waals surface area contributed by atoms with Crippen LogP contribution in [0.25, 0.3) is 87.6 Å². The van der Waals surface area contributed by atoms with Crippen molar-refractivity contribution in [2.75, 3.05) is 55.9 Å². The van der Waals surface area contributed by atoms with Crippen molar-refractivity contribution in [2.24, 2.45) is 11.8 Å². The molecule has 2 aliphatic heterocycles. The zero-order valence-corrected chi connectivity index (χ0v) is 66.5. The highest BCUT2D eigenvalue weighted by Crippen LogP contribution is 2.59. The van der Waals surface area contributed by atoms with Crippen LogP contribution in [0.4, 0.5) is 0 Å². The fourth-order valence-corrected chi connectivity index (χ4v) is 18.5. The van der Waals surface area contributed by atoms with Crippen LogP contribution in [0.2, 0.25) is 12.1 Å². The van der Waals surface area contributed by atoms with Crippen molar-refractivity contribution in [1.82, 2.24) is 9.80 Å². The first-order chi connectivity index (χ1) is 55.3. The summed E-state index contributed by atoms with van der Waals surface area (Å²) in [6.07, 6.45) is 0. The topological polar surface area (TPSA) is 220 Å². The molecule has 0 fully saturated rings. The molecular weight excluding hydrogens is 1480 g/mol. The third kappa shape index (κ3) is 14.4. The highest BCUT2D eigenvalue weighted by atomic mass is 28.4. The first-order valence-electron chi connectivity index (χ1n) is 37.4. The summed E-state index contributed by atoms with van der Waals surface area (Å²) >= 11 is 0. The molecule has 114 heavy (non-hydrogen) atoms. The molecule has 13 aromatic rings. The molecular formula is C92H82N2O18Si2. The highest BCUT2D eigenvalue weighted by Gasteiger charge is 2.49. The van der Waals surface area contributed by atoms with Crippen LogP contribution in [0.1, 0.15) is 69.1 Å². The van der Waals surface area contributed by atoms with Crippen LogP contribution in [0.3, 0.4) is 0 Å². The van der Waals surface area contributed by atoms with Crippen LogP contribution in [0, 0.1) is 11.8 Å². The molecule has 0 aliphatic carbocycles. The number of nitrogens with zero attached hydrogens (tertiary/aromatic N) is 2. The Morgan fingerprint density at radius 1 is 0.289 bits per heavy atom. The van der Waals surface area contributed by atoms with E-state index in [0.29, 0.717) is 23.0 Å². The number of fused-ring (bicyclic) bond motifs is 2. The van der Waals surface area contributed by atoms with Crippen LogP contribution in [-0.4, -0.2) is 131 Å². The minimum Gasteiger partial charge on any atom is -0.464 e. The van der Waals surface area contributed by atoms with Crippen molar-refractivity contribution in [2.45, 2.75) is 51.9 Å². The van der Waals surface area contributed by atoms with Gasteiger partial charge in [0.15, 0.2) is 0 Å². The molecule has 22 heteroatoms. The van der Waals surface area contributed by atoms with Crippen molar-refractivity contribution in [3.8, 4) is 90.5 Å². The van der Waals surface area contributed by atoms with Gasteiger partial charge in [0.05, 0.1) is 47.6 Å². The number of rotatable bonds is 30. The summed E-state index contributed by atoms with van der Waals surface area (Å²) in [5.41, 5.74) is 6.33. The van der Waals surface area contributed by atoms with E-state index in [0.717, 1.165) is 54.3 Å². The summed E-state index contributed by atoms with van der Waals surface area (Å²) in [6, 6.07) is 71.9. The van der Waals surface area contributed by atoms with E-state index in [4.69, 9.17) is 55.0 Å². The van der Waals surface area contributed by atoms with Gasteiger partial charge in [0.1, 0.15) is 58.1 Å². The van der Waals surface area contributed by atoms with Crippen LogP contribution in [-0.2, 0) is 45.6 Å². The Labute approximate surface area is 661 Å². The molecule has 15 rings (SSSR count). The van der Waals surface area contributed by atoms with E-state index < -0.39 is 77.1 Å². The zero-order chi connectivity index (χ0) is 79.7. The van der Waals surface area contributed by atoms with Crippen molar-refractivity contribution >= 4 is 96.3 Å². The van der Waals surface area contributed by atoms with Gasteiger partial charge in [-0.05, 0) is 129 Å². The molecule has 2 aliphatic rings. The Morgan fingerprint density at radius 3 is 0.737 bits per heavy atom. The van der Waals surface area contributed by atoms with Crippen molar-refractivity contribution < 1.29 is 83.7 Å². The highest BCUT2D eigenvalue weighted by molar-refractivity contribution is 6.61. The molecule has 0 saturated heterocycles. The third-order valence-electron chi connectivity index (χ3n) is 21.1. The maximum absolute atomic E-state index is 16.6. The van der Waals surface area contributed by atoms with E-state index in [1.165, 1.54) is 42.7 Å².